The largest absolute Gasteiger partial charge is 0.384 e. The van der Waals surface area contributed by atoms with E-state index in [4.69, 9.17) is 5.11 Å². The minimum Gasteiger partial charge on any atom is -0.384 e. The van der Waals surface area contributed by atoms with Gasteiger partial charge in [0.1, 0.15) is 6.61 Å². The highest BCUT2D eigenvalue weighted by atomic mass is 16.2. The van der Waals surface area contributed by atoms with Crippen molar-refractivity contribution in [3.63, 3.8) is 0 Å². The second-order valence-electron chi connectivity index (χ2n) is 5.36. The fourth-order valence-corrected chi connectivity index (χ4v) is 2.46. The van der Waals surface area contributed by atoms with Gasteiger partial charge in [0.05, 0.1) is 0 Å². The molecule has 1 aromatic rings. The van der Waals surface area contributed by atoms with Crippen molar-refractivity contribution < 1.29 is 9.90 Å². The number of aliphatic hydroxyl groups excluding tert-OH is 1. The molecule has 1 atom stereocenters. The number of benzene rings is 1. The Morgan fingerprint density at radius 2 is 2.15 bits per heavy atom. The molecule has 20 heavy (non-hydrogen) atoms. The van der Waals surface area contributed by atoms with E-state index in [9.17, 15) is 4.79 Å². The molecule has 1 aromatic carbocycles. The summed E-state index contributed by atoms with van der Waals surface area (Å²) >= 11 is 0. The van der Waals surface area contributed by atoms with Crippen LogP contribution in [0, 0.1) is 17.8 Å². The molecule has 0 spiro atoms. The van der Waals surface area contributed by atoms with Crippen LogP contribution in [-0.4, -0.2) is 29.1 Å². The molecule has 1 aliphatic rings. The number of hydrogen-bond acceptors (Lipinski definition) is 2. The molecule has 1 heterocycles. The van der Waals surface area contributed by atoms with Crippen LogP contribution in [-0.2, 0) is 11.3 Å². The molecule has 0 aliphatic carbocycles. The van der Waals surface area contributed by atoms with Gasteiger partial charge in [-0.3, -0.25) is 4.79 Å². The maximum atomic E-state index is 12.1. The first kappa shape index (κ1) is 14.6. The fraction of sp³-hybridized carbons (Fsp3) is 0.471. The van der Waals surface area contributed by atoms with Crippen LogP contribution in [0.5, 0.6) is 0 Å². The Balaban J connectivity index is 2.14. The maximum Gasteiger partial charge on any atom is 0.222 e. The van der Waals surface area contributed by atoms with E-state index < -0.39 is 0 Å². The van der Waals surface area contributed by atoms with E-state index in [1.165, 1.54) is 0 Å². The average Bonchev–Trinajstić information content (AvgIpc) is 2.62. The summed E-state index contributed by atoms with van der Waals surface area (Å²) in [5.41, 5.74) is 1.95. The van der Waals surface area contributed by atoms with Crippen LogP contribution >= 0.6 is 0 Å². The number of carbonyl (C=O) groups excluding carboxylic acids is 1. The van der Waals surface area contributed by atoms with E-state index in [2.05, 4.69) is 18.8 Å². The lowest BCUT2D eigenvalue weighted by molar-refractivity contribution is -0.131. The summed E-state index contributed by atoms with van der Waals surface area (Å²) in [7, 11) is 0. The minimum absolute atomic E-state index is 0.144. The van der Waals surface area contributed by atoms with E-state index in [1.807, 2.05) is 29.2 Å². The van der Waals surface area contributed by atoms with Crippen molar-refractivity contribution in [2.24, 2.45) is 5.92 Å². The summed E-state index contributed by atoms with van der Waals surface area (Å²) in [5.74, 6) is 6.48. The van der Waals surface area contributed by atoms with E-state index in [0.29, 0.717) is 18.9 Å². The maximum absolute atomic E-state index is 12.1. The minimum atomic E-state index is -0.144. The first-order valence-electron chi connectivity index (χ1n) is 7.16. The fourth-order valence-electron chi connectivity index (χ4n) is 2.46. The van der Waals surface area contributed by atoms with Gasteiger partial charge < -0.3 is 10.0 Å². The molecule has 106 valence electrons. The molecule has 0 bridgehead atoms. The number of likely N-dealkylation sites (tertiary alicyclic amines) is 1. The Kier molecular flexibility index (Phi) is 5.20. The van der Waals surface area contributed by atoms with Crippen molar-refractivity contribution in [3.05, 3.63) is 35.4 Å². The van der Waals surface area contributed by atoms with Crippen molar-refractivity contribution in [3.8, 4) is 11.8 Å². The normalized spacial score (nSPS) is 19.2. The van der Waals surface area contributed by atoms with Gasteiger partial charge in [-0.05, 0) is 30.4 Å². The van der Waals surface area contributed by atoms with Crippen LogP contribution in [0.2, 0.25) is 0 Å². The van der Waals surface area contributed by atoms with Gasteiger partial charge in [0.2, 0.25) is 5.91 Å². The zero-order valence-electron chi connectivity index (χ0n) is 11.9. The number of nitrogens with zero attached hydrogens (tertiary/aromatic N) is 1. The Morgan fingerprint density at radius 3 is 2.95 bits per heavy atom. The number of amides is 1. The number of carbonyl (C=O) groups is 1. The summed E-state index contributed by atoms with van der Waals surface area (Å²) < 4.78 is 0. The van der Waals surface area contributed by atoms with Gasteiger partial charge in [0.15, 0.2) is 0 Å². The molecular weight excluding hydrogens is 250 g/mol. The highest BCUT2D eigenvalue weighted by Gasteiger charge is 2.20. The Morgan fingerprint density at radius 1 is 1.35 bits per heavy atom. The van der Waals surface area contributed by atoms with Crippen molar-refractivity contribution in [2.75, 3.05) is 13.2 Å². The zero-order chi connectivity index (χ0) is 14.4. The molecular formula is C17H21NO2. The lowest BCUT2D eigenvalue weighted by Gasteiger charge is -2.21. The lowest BCUT2D eigenvalue weighted by atomic mass is 10.0. The van der Waals surface area contributed by atoms with Gasteiger partial charge in [0.25, 0.3) is 0 Å². The van der Waals surface area contributed by atoms with Crippen LogP contribution in [0.3, 0.4) is 0 Å². The number of rotatable bonds is 2. The van der Waals surface area contributed by atoms with Crippen LogP contribution in [0.25, 0.3) is 0 Å². The third-order valence-corrected chi connectivity index (χ3v) is 3.78. The average molecular weight is 271 g/mol. The van der Waals surface area contributed by atoms with Crippen molar-refractivity contribution in [2.45, 2.75) is 32.7 Å². The van der Waals surface area contributed by atoms with Crippen molar-refractivity contribution >= 4 is 5.91 Å². The first-order chi connectivity index (χ1) is 9.70. The second kappa shape index (κ2) is 7.12. The van der Waals surface area contributed by atoms with Crippen LogP contribution in [0.4, 0.5) is 0 Å². The molecule has 1 unspecified atom stereocenters. The Hall–Kier alpha value is -1.79. The standard InChI is InChI=1S/C17H21NO2/c1-14-8-9-17(20)18(11-10-14)13-16-6-3-2-5-15(16)7-4-12-19/h2-3,5-6,14,19H,8-13H2,1H3. The molecule has 1 amide bonds. The number of aliphatic hydroxyl groups is 1. The SMILES string of the molecule is CC1CCC(=O)N(Cc2ccccc2C#CCO)CC1. The summed E-state index contributed by atoms with van der Waals surface area (Å²) in [6.45, 7) is 3.50. The van der Waals surface area contributed by atoms with Gasteiger partial charge in [-0.15, -0.1) is 0 Å². The molecule has 1 aliphatic heterocycles. The van der Waals surface area contributed by atoms with Gasteiger partial charge in [0, 0.05) is 25.1 Å². The monoisotopic (exact) mass is 271 g/mol. The van der Waals surface area contributed by atoms with E-state index in [-0.39, 0.29) is 12.5 Å². The van der Waals surface area contributed by atoms with Crippen molar-refractivity contribution in [1.82, 2.24) is 4.90 Å². The number of hydrogen-bond donors (Lipinski definition) is 1. The lowest BCUT2D eigenvalue weighted by Crippen LogP contribution is -2.30. The topological polar surface area (TPSA) is 40.5 Å². The predicted molar refractivity (Wildman–Crippen MR) is 78.8 cm³/mol. The smallest absolute Gasteiger partial charge is 0.222 e. The van der Waals surface area contributed by atoms with E-state index >= 15 is 0 Å². The van der Waals surface area contributed by atoms with Gasteiger partial charge in [-0.25, -0.2) is 0 Å². The highest BCUT2D eigenvalue weighted by molar-refractivity contribution is 5.76. The molecule has 1 N–H and O–H groups in total. The molecule has 0 aromatic heterocycles. The molecule has 3 heteroatoms. The van der Waals surface area contributed by atoms with Gasteiger partial charge in [-0.1, -0.05) is 37.0 Å². The van der Waals surface area contributed by atoms with Gasteiger partial charge in [-0.2, -0.15) is 0 Å². The van der Waals surface area contributed by atoms with Crippen LogP contribution in [0.15, 0.2) is 24.3 Å². The summed E-state index contributed by atoms with van der Waals surface area (Å²) in [6, 6.07) is 7.83. The second-order valence-corrected chi connectivity index (χ2v) is 5.36. The quantitative estimate of drug-likeness (QED) is 0.838. The highest BCUT2D eigenvalue weighted by Crippen LogP contribution is 2.20. The molecule has 1 fully saturated rings. The summed E-state index contributed by atoms with van der Waals surface area (Å²) in [5, 5.41) is 8.81. The first-order valence-corrected chi connectivity index (χ1v) is 7.16. The zero-order valence-corrected chi connectivity index (χ0v) is 11.9. The summed E-state index contributed by atoms with van der Waals surface area (Å²) in [6.07, 6.45) is 2.70. The molecule has 0 saturated carbocycles. The molecule has 3 nitrogen and oxygen atoms in total. The summed E-state index contributed by atoms with van der Waals surface area (Å²) in [4.78, 5) is 14.1. The predicted octanol–water partition coefficient (Wildman–Crippen LogP) is 2.18. The van der Waals surface area contributed by atoms with Crippen LogP contribution in [0.1, 0.15) is 37.3 Å². The molecule has 2 rings (SSSR count). The Bertz CT molecular complexity index is 527. The van der Waals surface area contributed by atoms with Crippen LogP contribution < -0.4 is 0 Å². The van der Waals surface area contributed by atoms with Crippen molar-refractivity contribution in [1.29, 1.82) is 0 Å². The Labute approximate surface area is 120 Å². The van der Waals surface area contributed by atoms with Gasteiger partial charge >= 0.3 is 0 Å². The molecule has 0 radical (unpaired) electrons. The van der Waals surface area contributed by atoms with E-state index in [0.717, 1.165) is 30.5 Å². The van der Waals surface area contributed by atoms with E-state index in [1.54, 1.807) is 0 Å². The third-order valence-electron chi connectivity index (χ3n) is 3.78. The molecule has 1 saturated heterocycles. The third kappa shape index (κ3) is 3.85.